The monoisotopic (exact) mass is 238 g/mol. The maximum Gasteiger partial charge on any atom is 0.306 e. The third-order valence-corrected chi connectivity index (χ3v) is 2.67. The number of carbonyl (C=O) groups is 1. The number of rotatable bonds is 5. The van der Waals surface area contributed by atoms with E-state index in [2.05, 4.69) is 4.74 Å². The number of esters is 1. The van der Waals surface area contributed by atoms with E-state index in [0.717, 1.165) is 17.1 Å². The van der Waals surface area contributed by atoms with Crippen molar-refractivity contribution in [2.45, 2.75) is 19.3 Å². The first-order valence-electron chi connectivity index (χ1n) is 5.41. The van der Waals surface area contributed by atoms with Crippen LogP contribution in [0.2, 0.25) is 0 Å². The zero-order valence-corrected chi connectivity index (χ0v) is 10.6. The van der Waals surface area contributed by atoms with E-state index >= 15 is 0 Å². The first kappa shape index (κ1) is 13.4. The lowest BCUT2D eigenvalue weighted by Gasteiger charge is -2.15. The van der Waals surface area contributed by atoms with Gasteiger partial charge in [-0.1, -0.05) is 6.92 Å². The second kappa shape index (κ2) is 6.13. The molecule has 0 spiro atoms. The molecule has 1 rings (SSSR count). The molecule has 0 saturated heterocycles. The standard InChI is InChI=1S/C13H18O4/c1-9(7-13(14)17-4)11-8-10(15-2)5-6-12(11)16-3/h5-6,8-9H,7H2,1-4H3. The van der Waals surface area contributed by atoms with Gasteiger partial charge in [-0.05, 0) is 24.1 Å². The van der Waals surface area contributed by atoms with Crippen molar-refractivity contribution in [2.75, 3.05) is 21.3 Å². The number of methoxy groups -OCH3 is 3. The summed E-state index contributed by atoms with van der Waals surface area (Å²) in [5, 5.41) is 0. The van der Waals surface area contributed by atoms with Crippen LogP contribution in [0.4, 0.5) is 0 Å². The molecule has 1 aromatic carbocycles. The fraction of sp³-hybridized carbons (Fsp3) is 0.462. The lowest BCUT2D eigenvalue weighted by Crippen LogP contribution is -2.07. The molecule has 0 fully saturated rings. The normalized spacial score (nSPS) is 11.8. The predicted molar refractivity (Wildman–Crippen MR) is 64.6 cm³/mol. The average molecular weight is 238 g/mol. The molecule has 0 aromatic heterocycles. The van der Waals surface area contributed by atoms with Crippen molar-refractivity contribution in [1.29, 1.82) is 0 Å². The maximum atomic E-state index is 11.3. The number of hydrogen-bond donors (Lipinski definition) is 0. The Morgan fingerprint density at radius 1 is 1.24 bits per heavy atom. The minimum Gasteiger partial charge on any atom is -0.497 e. The quantitative estimate of drug-likeness (QED) is 0.739. The van der Waals surface area contributed by atoms with Gasteiger partial charge in [-0.3, -0.25) is 4.79 Å². The molecule has 0 aliphatic carbocycles. The summed E-state index contributed by atoms with van der Waals surface area (Å²) in [6, 6.07) is 5.54. The number of ether oxygens (including phenoxy) is 3. The molecule has 17 heavy (non-hydrogen) atoms. The molecule has 4 nitrogen and oxygen atoms in total. The summed E-state index contributed by atoms with van der Waals surface area (Å²) in [5.74, 6) is 1.29. The van der Waals surface area contributed by atoms with Crippen LogP contribution in [0.15, 0.2) is 18.2 Å². The van der Waals surface area contributed by atoms with Crippen molar-refractivity contribution in [3.05, 3.63) is 23.8 Å². The van der Waals surface area contributed by atoms with Crippen LogP contribution in [0.5, 0.6) is 11.5 Å². The lowest BCUT2D eigenvalue weighted by molar-refractivity contribution is -0.140. The molecule has 0 aliphatic heterocycles. The summed E-state index contributed by atoms with van der Waals surface area (Å²) in [4.78, 5) is 11.3. The third-order valence-electron chi connectivity index (χ3n) is 2.67. The zero-order chi connectivity index (χ0) is 12.8. The van der Waals surface area contributed by atoms with E-state index in [1.54, 1.807) is 14.2 Å². The van der Waals surface area contributed by atoms with Crippen LogP contribution < -0.4 is 9.47 Å². The molecule has 94 valence electrons. The molecule has 1 atom stereocenters. The SMILES string of the molecule is COC(=O)CC(C)c1cc(OC)ccc1OC. The molecule has 0 bridgehead atoms. The third kappa shape index (κ3) is 3.37. The summed E-state index contributed by atoms with van der Waals surface area (Å²) in [6.07, 6.45) is 0.319. The van der Waals surface area contributed by atoms with Gasteiger partial charge in [-0.15, -0.1) is 0 Å². The van der Waals surface area contributed by atoms with Crippen LogP contribution in [0.1, 0.15) is 24.8 Å². The molecular formula is C13H18O4. The van der Waals surface area contributed by atoms with Crippen molar-refractivity contribution < 1.29 is 19.0 Å². The molecule has 0 N–H and O–H groups in total. The summed E-state index contributed by atoms with van der Waals surface area (Å²) in [5.41, 5.74) is 0.942. The highest BCUT2D eigenvalue weighted by molar-refractivity contribution is 5.70. The molecule has 0 heterocycles. The Morgan fingerprint density at radius 3 is 2.47 bits per heavy atom. The summed E-state index contributed by atoms with van der Waals surface area (Å²) < 4.78 is 15.1. The van der Waals surface area contributed by atoms with Crippen LogP contribution in [-0.4, -0.2) is 27.3 Å². The van der Waals surface area contributed by atoms with Crippen molar-refractivity contribution in [1.82, 2.24) is 0 Å². The topological polar surface area (TPSA) is 44.8 Å². The number of carbonyl (C=O) groups excluding carboxylic acids is 1. The molecule has 1 aromatic rings. The molecule has 0 amide bonds. The van der Waals surface area contributed by atoms with E-state index in [9.17, 15) is 4.79 Å². The Morgan fingerprint density at radius 2 is 1.94 bits per heavy atom. The Labute approximate surface area is 101 Å². The van der Waals surface area contributed by atoms with E-state index in [1.165, 1.54) is 7.11 Å². The predicted octanol–water partition coefficient (Wildman–Crippen LogP) is 2.37. The van der Waals surface area contributed by atoms with Gasteiger partial charge in [0.15, 0.2) is 0 Å². The van der Waals surface area contributed by atoms with Crippen LogP contribution in [0.25, 0.3) is 0 Å². The van der Waals surface area contributed by atoms with E-state index in [4.69, 9.17) is 9.47 Å². The maximum absolute atomic E-state index is 11.3. The molecule has 0 saturated carbocycles. The van der Waals surface area contributed by atoms with Gasteiger partial charge in [-0.2, -0.15) is 0 Å². The second-order valence-electron chi connectivity index (χ2n) is 3.79. The van der Waals surface area contributed by atoms with E-state index in [-0.39, 0.29) is 11.9 Å². The van der Waals surface area contributed by atoms with Crippen LogP contribution >= 0.6 is 0 Å². The van der Waals surface area contributed by atoms with Gasteiger partial charge in [0.2, 0.25) is 0 Å². The van der Waals surface area contributed by atoms with Gasteiger partial charge in [0.05, 0.1) is 27.8 Å². The Hall–Kier alpha value is -1.71. The second-order valence-corrected chi connectivity index (χ2v) is 3.79. The largest absolute Gasteiger partial charge is 0.497 e. The van der Waals surface area contributed by atoms with Gasteiger partial charge < -0.3 is 14.2 Å². The van der Waals surface area contributed by atoms with Gasteiger partial charge in [0, 0.05) is 5.56 Å². The molecule has 4 heteroatoms. The van der Waals surface area contributed by atoms with Crippen molar-refractivity contribution >= 4 is 5.97 Å². The molecule has 0 aliphatic rings. The van der Waals surface area contributed by atoms with Crippen LogP contribution in [0, 0.1) is 0 Å². The van der Waals surface area contributed by atoms with Gasteiger partial charge >= 0.3 is 5.97 Å². The minimum atomic E-state index is -0.234. The fourth-order valence-electron chi connectivity index (χ4n) is 1.67. The minimum absolute atomic E-state index is 0.0208. The number of benzene rings is 1. The van der Waals surface area contributed by atoms with Crippen LogP contribution in [-0.2, 0) is 9.53 Å². The Balaban J connectivity index is 2.96. The molecule has 0 radical (unpaired) electrons. The highest BCUT2D eigenvalue weighted by Crippen LogP contribution is 2.32. The van der Waals surface area contributed by atoms with Gasteiger partial charge in [-0.25, -0.2) is 0 Å². The average Bonchev–Trinajstić information content (AvgIpc) is 2.37. The van der Waals surface area contributed by atoms with E-state index in [1.807, 2.05) is 25.1 Å². The smallest absolute Gasteiger partial charge is 0.306 e. The van der Waals surface area contributed by atoms with Crippen molar-refractivity contribution in [3.8, 4) is 11.5 Å². The Kier molecular flexibility index (Phi) is 4.82. The first-order chi connectivity index (χ1) is 8.12. The molecule has 1 unspecified atom stereocenters. The lowest BCUT2D eigenvalue weighted by atomic mass is 9.96. The molecular weight excluding hydrogens is 220 g/mol. The van der Waals surface area contributed by atoms with Gasteiger partial charge in [0.25, 0.3) is 0 Å². The summed E-state index contributed by atoms with van der Waals surface area (Å²) in [7, 11) is 4.60. The summed E-state index contributed by atoms with van der Waals surface area (Å²) in [6.45, 7) is 1.95. The first-order valence-corrected chi connectivity index (χ1v) is 5.41. The highest BCUT2D eigenvalue weighted by atomic mass is 16.5. The van der Waals surface area contributed by atoms with Crippen LogP contribution in [0.3, 0.4) is 0 Å². The summed E-state index contributed by atoms with van der Waals surface area (Å²) >= 11 is 0. The van der Waals surface area contributed by atoms with E-state index < -0.39 is 0 Å². The van der Waals surface area contributed by atoms with Gasteiger partial charge in [0.1, 0.15) is 11.5 Å². The van der Waals surface area contributed by atoms with Crippen molar-refractivity contribution in [3.63, 3.8) is 0 Å². The fourth-order valence-corrected chi connectivity index (χ4v) is 1.67. The Bertz CT molecular complexity index is 387. The zero-order valence-electron chi connectivity index (χ0n) is 10.6. The van der Waals surface area contributed by atoms with E-state index in [0.29, 0.717) is 6.42 Å². The van der Waals surface area contributed by atoms with Crippen molar-refractivity contribution in [2.24, 2.45) is 0 Å². The number of hydrogen-bond acceptors (Lipinski definition) is 4. The highest BCUT2D eigenvalue weighted by Gasteiger charge is 2.16.